The van der Waals surface area contributed by atoms with Crippen molar-refractivity contribution in [2.45, 2.75) is 38.7 Å². The van der Waals surface area contributed by atoms with Gasteiger partial charge in [0.25, 0.3) is 5.91 Å². The number of carbonyl (C=O) groups is 4. The Morgan fingerprint density at radius 3 is 2.43 bits per heavy atom. The Hall–Kier alpha value is -3.21. The minimum absolute atomic E-state index is 0.283. The van der Waals surface area contributed by atoms with Crippen molar-refractivity contribution in [3.63, 3.8) is 0 Å². The number of carbonyl (C=O) groups excluding carboxylic acids is 4. The van der Waals surface area contributed by atoms with Gasteiger partial charge in [-0.05, 0) is 31.9 Å². The van der Waals surface area contributed by atoms with Crippen LogP contribution in [0.5, 0.6) is 0 Å². The molecule has 3 amide bonds. The number of hydrogen-bond acceptors (Lipinski definition) is 6. The van der Waals surface area contributed by atoms with Gasteiger partial charge in [-0.3, -0.25) is 24.1 Å². The number of anilines is 1. The van der Waals surface area contributed by atoms with Gasteiger partial charge in [0.05, 0.1) is 23.1 Å². The third kappa shape index (κ3) is 3.88. The van der Waals surface area contributed by atoms with Crippen molar-refractivity contribution < 1.29 is 23.9 Å². The smallest absolute Gasteiger partial charge is 0.326 e. The lowest BCUT2D eigenvalue weighted by molar-refractivity contribution is -0.158. The maximum Gasteiger partial charge on any atom is 0.326 e. The quantitative estimate of drug-likeness (QED) is 0.610. The zero-order valence-corrected chi connectivity index (χ0v) is 15.5. The summed E-state index contributed by atoms with van der Waals surface area (Å²) in [6.07, 6.45) is 1.99. The van der Waals surface area contributed by atoms with E-state index in [-0.39, 0.29) is 29.2 Å². The van der Waals surface area contributed by atoms with E-state index in [0.29, 0.717) is 18.5 Å². The first kappa shape index (κ1) is 19.5. The summed E-state index contributed by atoms with van der Waals surface area (Å²) in [6.45, 7) is 0.896. The molecular formula is C20H21N3O5. The number of rotatable bonds is 5. The number of fused-ring (bicyclic) bond motifs is 1. The summed E-state index contributed by atoms with van der Waals surface area (Å²) in [5.74, 6) is -2.76. The molecule has 1 aromatic rings. The fourth-order valence-electron chi connectivity index (χ4n) is 3.73. The minimum Gasteiger partial charge on any atom is -0.451 e. The Labute approximate surface area is 162 Å². The molecule has 2 aliphatic rings. The van der Waals surface area contributed by atoms with Crippen molar-refractivity contribution in [2.24, 2.45) is 11.8 Å². The topological polar surface area (TPSA) is 117 Å². The van der Waals surface area contributed by atoms with Crippen molar-refractivity contribution in [1.29, 1.82) is 5.26 Å². The third-order valence-corrected chi connectivity index (χ3v) is 5.20. The molecule has 3 rings (SSSR count). The molecule has 28 heavy (non-hydrogen) atoms. The maximum atomic E-state index is 12.4. The van der Waals surface area contributed by atoms with E-state index in [1.165, 1.54) is 6.92 Å². The van der Waals surface area contributed by atoms with Crippen molar-refractivity contribution in [1.82, 2.24) is 4.90 Å². The SMILES string of the molecule is C[C@@H](OC(=O)CN1C(=O)[C@H]2CCCC[C@H]2C1=O)C(=O)Nc1ccccc1C#N. The number of benzene rings is 1. The summed E-state index contributed by atoms with van der Waals surface area (Å²) >= 11 is 0. The molecule has 1 N–H and O–H groups in total. The molecule has 0 spiro atoms. The normalized spacial score (nSPS) is 22.2. The van der Waals surface area contributed by atoms with Gasteiger partial charge in [0.1, 0.15) is 12.6 Å². The monoisotopic (exact) mass is 383 g/mol. The lowest BCUT2D eigenvalue weighted by Crippen LogP contribution is -2.39. The molecule has 1 heterocycles. The van der Waals surface area contributed by atoms with Gasteiger partial charge >= 0.3 is 5.97 Å². The zero-order valence-electron chi connectivity index (χ0n) is 15.5. The Balaban J connectivity index is 1.57. The van der Waals surface area contributed by atoms with E-state index in [2.05, 4.69) is 5.32 Å². The highest BCUT2D eigenvalue weighted by Crippen LogP contribution is 2.37. The van der Waals surface area contributed by atoms with Crippen molar-refractivity contribution in [2.75, 3.05) is 11.9 Å². The van der Waals surface area contributed by atoms with Crippen LogP contribution in [0, 0.1) is 23.2 Å². The van der Waals surface area contributed by atoms with Crippen LogP contribution in [0.25, 0.3) is 0 Å². The van der Waals surface area contributed by atoms with Gasteiger partial charge in [-0.2, -0.15) is 5.26 Å². The third-order valence-electron chi connectivity index (χ3n) is 5.20. The van der Waals surface area contributed by atoms with Gasteiger partial charge in [0.2, 0.25) is 11.8 Å². The molecule has 8 nitrogen and oxygen atoms in total. The van der Waals surface area contributed by atoms with Gasteiger partial charge in [0.15, 0.2) is 6.10 Å². The van der Waals surface area contributed by atoms with E-state index >= 15 is 0 Å². The molecule has 1 saturated heterocycles. The number of nitrogens with one attached hydrogen (secondary N) is 1. The molecule has 0 bridgehead atoms. The lowest BCUT2D eigenvalue weighted by Gasteiger charge is -2.19. The fraction of sp³-hybridized carbons (Fsp3) is 0.450. The number of ether oxygens (including phenoxy) is 1. The predicted octanol–water partition coefficient (Wildman–Crippen LogP) is 1.60. The molecule has 0 radical (unpaired) electrons. The number of nitrogens with zero attached hydrogens (tertiary/aromatic N) is 2. The lowest BCUT2D eigenvalue weighted by atomic mass is 9.81. The minimum atomic E-state index is -1.14. The van der Waals surface area contributed by atoms with E-state index in [9.17, 15) is 19.2 Å². The Morgan fingerprint density at radius 2 is 1.82 bits per heavy atom. The van der Waals surface area contributed by atoms with E-state index in [1.54, 1.807) is 24.3 Å². The number of amides is 3. The van der Waals surface area contributed by atoms with Crippen molar-refractivity contribution in [3.8, 4) is 6.07 Å². The van der Waals surface area contributed by atoms with Gasteiger partial charge in [-0.15, -0.1) is 0 Å². The zero-order chi connectivity index (χ0) is 20.3. The average Bonchev–Trinajstić information content (AvgIpc) is 2.93. The van der Waals surface area contributed by atoms with Crippen LogP contribution in [-0.2, 0) is 23.9 Å². The fourth-order valence-corrected chi connectivity index (χ4v) is 3.73. The molecule has 1 aliphatic carbocycles. The summed E-state index contributed by atoms with van der Waals surface area (Å²) in [6, 6.07) is 8.40. The van der Waals surface area contributed by atoms with Crippen LogP contribution in [0.15, 0.2) is 24.3 Å². The second-order valence-electron chi connectivity index (χ2n) is 7.04. The van der Waals surface area contributed by atoms with Crippen LogP contribution in [-0.4, -0.2) is 41.2 Å². The van der Waals surface area contributed by atoms with Crippen LogP contribution >= 0.6 is 0 Å². The molecule has 0 unspecified atom stereocenters. The summed E-state index contributed by atoms with van der Waals surface area (Å²) in [5, 5.41) is 11.6. The molecule has 2 fully saturated rings. The molecule has 8 heteroatoms. The van der Waals surface area contributed by atoms with Gasteiger partial charge in [0, 0.05) is 0 Å². The van der Waals surface area contributed by atoms with Gasteiger partial charge in [-0.25, -0.2) is 0 Å². The Bertz CT molecular complexity index is 836. The summed E-state index contributed by atoms with van der Waals surface area (Å²) in [5.41, 5.74) is 0.595. The Morgan fingerprint density at radius 1 is 1.21 bits per heavy atom. The van der Waals surface area contributed by atoms with Crippen LogP contribution in [0.4, 0.5) is 5.69 Å². The largest absolute Gasteiger partial charge is 0.451 e. The molecular weight excluding hydrogens is 362 g/mol. The molecule has 1 saturated carbocycles. The highest BCUT2D eigenvalue weighted by Gasteiger charge is 2.48. The summed E-state index contributed by atoms with van der Waals surface area (Å²) < 4.78 is 5.09. The first-order valence-corrected chi connectivity index (χ1v) is 9.27. The summed E-state index contributed by atoms with van der Waals surface area (Å²) in [7, 11) is 0. The van der Waals surface area contributed by atoms with Crippen LogP contribution in [0.2, 0.25) is 0 Å². The first-order chi connectivity index (χ1) is 13.4. The highest BCUT2D eigenvalue weighted by molar-refractivity contribution is 6.07. The van der Waals surface area contributed by atoms with Gasteiger partial charge < -0.3 is 10.1 Å². The van der Waals surface area contributed by atoms with Crippen LogP contribution in [0.3, 0.4) is 0 Å². The predicted molar refractivity (Wildman–Crippen MR) is 97.5 cm³/mol. The molecule has 3 atom stereocenters. The highest BCUT2D eigenvalue weighted by atomic mass is 16.5. The number of likely N-dealkylation sites (tertiary alicyclic amines) is 1. The standard InChI is InChI=1S/C20H21N3O5/c1-12(18(25)22-16-9-5-2-6-13(16)10-21)28-17(24)11-23-19(26)14-7-3-4-8-15(14)20(23)27/h2,5-6,9,12,14-15H,3-4,7-8,11H2,1H3,(H,22,25)/t12-,14-,15+/m1/s1. The second kappa shape index (κ2) is 8.21. The molecule has 146 valence electrons. The van der Waals surface area contributed by atoms with E-state index in [0.717, 1.165) is 17.7 Å². The van der Waals surface area contributed by atoms with Crippen molar-refractivity contribution >= 4 is 29.4 Å². The number of hydrogen-bond donors (Lipinski definition) is 1. The average molecular weight is 383 g/mol. The molecule has 1 aliphatic heterocycles. The Kier molecular flexibility index (Phi) is 5.73. The molecule has 1 aromatic carbocycles. The van der Waals surface area contributed by atoms with Crippen molar-refractivity contribution in [3.05, 3.63) is 29.8 Å². The summed E-state index contributed by atoms with van der Waals surface area (Å²) in [4.78, 5) is 50.2. The first-order valence-electron chi connectivity index (χ1n) is 9.27. The van der Waals surface area contributed by atoms with Crippen LogP contribution < -0.4 is 5.32 Å². The van der Waals surface area contributed by atoms with E-state index in [1.807, 2.05) is 6.07 Å². The maximum absolute atomic E-state index is 12.4. The van der Waals surface area contributed by atoms with Crippen LogP contribution in [0.1, 0.15) is 38.2 Å². The van der Waals surface area contributed by atoms with E-state index < -0.39 is 24.5 Å². The number of para-hydroxylation sites is 1. The van der Waals surface area contributed by atoms with Gasteiger partial charge in [-0.1, -0.05) is 25.0 Å². The van der Waals surface area contributed by atoms with E-state index in [4.69, 9.17) is 10.00 Å². The number of esters is 1. The second-order valence-corrected chi connectivity index (χ2v) is 7.04. The number of imide groups is 1. The number of nitriles is 1. The molecule has 0 aromatic heterocycles.